The zero-order valence-electron chi connectivity index (χ0n) is 15.0. The molecule has 2 aliphatic heterocycles. The summed E-state index contributed by atoms with van der Waals surface area (Å²) in [7, 11) is 0. The molecule has 1 aliphatic carbocycles. The molecule has 0 spiro atoms. The van der Waals surface area contributed by atoms with Crippen molar-refractivity contribution < 1.29 is 19.5 Å². The number of benzene rings is 1. The van der Waals surface area contributed by atoms with E-state index in [-0.39, 0.29) is 17.4 Å². The minimum atomic E-state index is -1.06. The van der Waals surface area contributed by atoms with Gasteiger partial charge in [-0.1, -0.05) is 13.0 Å². The smallest absolute Gasteiger partial charge is 0.335 e. The fourth-order valence-corrected chi connectivity index (χ4v) is 4.86. The molecular weight excluding hydrogens is 344 g/mol. The quantitative estimate of drug-likeness (QED) is 0.761. The molecule has 0 fully saturated rings. The monoisotopic (exact) mass is 362 g/mol. The first-order valence-electron chi connectivity index (χ1n) is 9.12. The minimum absolute atomic E-state index is 0.102. The van der Waals surface area contributed by atoms with E-state index in [1.165, 1.54) is 23.3 Å². The van der Waals surface area contributed by atoms with Crippen LogP contribution in [0.1, 0.15) is 68.9 Å². The van der Waals surface area contributed by atoms with Gasteiger partial charge in [-0.25, -0.2) is 4.79 Å². The molecule has 3 heterocycles. The highest BCUT2D eigenvalue weighted by molar-refractivity contribution is 6.48. The standard InChI is InChI=1S/C21H18N2O4/c1-9-4-3-5-13-15(9)10(2)23-18(13)17(20(23)25)16-12-7-6-11(21(26)27)8-14(12)22-19(16)24/h6-9H,3-5H2,1-2H3,(H,22,24)(H,26,27)/b17-16+. The van der Waals surface area contributed by atoms with Gasteiger partial charge in [0.1, 0.15) is 0 Å². The summed E-state index contributed by atoms with van der Waals surface area (Å²) in [5.74, 6) is -1.14. The zero-order valence-corrected chi connectivity index (χ0v) is 15.0. The third kappa shape index (κ3) is 1.92. The Balaban J connectivity index is 1.75. The maximum atomic E-state index is 12.9. The molecule has 0 radical (unpaired) electrons. The van der Waals surface area contributed by atoms with Crippen LogP contribution in [-0.2, 0) is 11.2 Å². The van der Waals surface area contributed by atoms with E-state index in [0.717, 1.165) is 30.7 Å². The van der Waals surface area contributed by atoms with Crippen molar-refractivity contribution in [3.8, 4) is 0 Å². The van der Waals surface area contributed by atoms with Crippen molar-refractivity contribution in [3.63, 3.8) is 0 Å². The Labute approximate surface area is 155 Å². The van der Waals surface area contributed by atoms with Gasteiger partial charge in [0.15, 0.2) is 0 Å². The summed E-state index contributed by atoms with van der Waals surface area (Å²) < 4.78 is 1.74. The van der Waals surface area contributed by atoms with Gasteiger partial charge in [0.05, 0.1) is 22.4 Å². The normalized spacial score (nSPS) is 22.7. The molecule has 1 aromatic heterocycles. The van der Waals surface area contributed by atoms with Gasteiger partial charge in [-0.05, 0) is 55.4 Å². The van der Waals surface area contributed by atoms with Crippen molar-refractivity contribution in [1.82, 2.24) is 4.57 Å². The van der Waals surface area contributed by atoms with Crippen molar-refractivity contribution in [1.29, 1.82) is 0 Å². The van der Waals surface area contributed by atoms with Gasteiger partial charge in [0.2, 0.25) is 0 Å². The number of nitrogens with one attached hydrogen (secondary N) is 1. The molecule has 2 N–H and O–H groups in total. The SMILES string of the molecule is Cc1c2c(c3n1C(=O)/C3=C1/C(=O)Nc3cc(C(=O)O)ccc31)CCCC2C. The van der Waals surface area contributed by atoms with E-state index in [9.17, 15) is 14.4 Å². The van der Waals surface area contributed by atoms with Crippen LogP contribution < -0.4 is 5.32 Å². The molecule has 0 bridgehead atoms. The lowest BCUT2D eigenvalue weighted by molar-refractivity contribution is -0.110. The summed E-state index contributed by atoms with van der Waals surface area (Å²) in [4.78, 5) is 36.8. The number of hydrogen-bond donors (Lipinski definition) is 2. The van der Waals surface area contributed by atoms with Crippen molar-refractivity contribution in [2.24, 2.45) is 0 Å². The van der Waals surface area contributed by atoms with Crippen LogP contribution in [0.5, 0.6) is 0 Å². The molecule has 5 rings (SSSR count). The fourth-order valence-electron chi connectivity index (χ4n) is 4.86. The van der Waals surface area contributed by atoms with Crippen LogP contribution in [0.3, 0.4) is 0 Å². The van der Waals surface area contributed by atoms with Gasteiger partial charge >= 0.3 is 5.97 Å². The van der Waals surface area contributed by atoms with Crippen LogP contribution in [0, 0.1) is 6.92 Å². The Bertz CT molecular complexity index is 1120. The maximum absolute atomic E-state index is 12.9. The molecule has 6 heteroatoms. The highest BCUT2D eigenvalue weighted by Gasteiger charge is 2.44. The number of nitrogens with zero attached hydrogens (tertiary/aromatic N) is 1. The van der Waals surface area contributed by atoms with Crippen LogP contribution in [0.15, 0.2) is 18.2 Å². The Morgan fingerprint density at radius 1 is 1.26 bits per heavy atom. The van der Waals surface area contributed by atoms with E-state index in [1.807, 2.05) is 6.92 Å². The number of hydrogen-bond acceptors (Lipinski definition) is 3. The van der Waals surface area contributed by atoms with Crippen molar-refractivity contribution in [2.75, 3.05) is 5.32 Å². The zero-order chi connectivity index (χ0) is 19.0. The molecule has 1 aromatic carbocycles. The molecule has 2 aromatic rings. The van der Waals surface area contributed by atoms with Crippen molar-refractivity contribution in [3.05, 3.63) is 51.8 Å². The number of rotatable bonds is 1. The van der Waals surface area contributed by atoms with Crippen LogP contribution >= 0.6 is 0 Å². The van der Waals surface area contributed by atoms with Crippen LogP contribution in [0.25, 0.3) is 11.1 Å². The maximum Gasteiger partial charge on any atom is 0.335 e. The van der Waals surface area contributed by atoms with Crippen LogP contribution in [0.2, 0.25) is 0 Å². The summed E-state index contributed by atoms with van der Waals surface area (Å²) in [6, 6.07) is 4.51. The highest BCUT2D eigenvalue weighted by atomic mass is 16.4. The first-order chi connectivity index (χ1) is 12.9. The Kier molecular flexibility index (Phi) is 3.09. The number of amides is 1. The fraction of sp³-hybridized carbons (Fsp3) is 0.286. The molecule has 0 saturated heterocycles. The summed E-state index contributed by atoms with van der Waals surface area (Å²) >= 11 is 0. The van der Waals surface area contributed by atoms with Gasteiger partial charge in [-0.15, -0.1) is 0 Å². The van der Waals surface area contributed by atoms with Gasteiger partial charge in [0.25, 0.3) is 11.8 Å². The predicted octanol–water partition coefficient (Wildman–Crippen LogP) is 3.45. The topological polar surface area (TPSA) is 88.4 Å². The molecule has 3 aliphatic rings. The molecule has 0 saturated carbocycles. The van der Waals surface area contributed by atoms with Crippen LogP contribution in [-0.4, -0.2) is 27.5 Å². The largest absolute Gasteiger partial charge is 0.478 e. The third-order valence-corrected chi connectivity index (χ3v) is 6.03. The lowest BCUT2D eigenvalue weighted by atomic mass is 9.82. The summed E-state index contributed by atoms with van der Waals surface area (Å²) in [5.41, 5.74) is 6.27. The molecule has 6 nitrogen and oxygen atoms in total. The number of carbonyl (C=O) groups is 3. The van der Waals surface area contributed by atoms with Gasteiger partial charge < -0.3 is 10.4 Å². The first kappa shape index (κ1) is 16.1. The average molecular weight is 362 g/mol. The van der Waals surface area contributed by atoms with E-state index in [0.29, 0.717) is 28.3 Å². The van der Waals surface area contributed by atoms with E-state index in [2.05, 4.69) is 12.2 Å². The number of carboxylic acids is 1. The Hall–Kier alpha value is -3.15. The van der Waals surface area contributed by atoms with Crippen molar-refractivity contribution >= 4 is 34.6 Å². The molecule has 27 heavy (non-hydrogen) atoms. The van der Waals surface area contributed by atoms with E-state index in [1.54, 1.807) is 10.6 Å². The number of carboxylic acid groups (broad SMARTS) is 1. The first-order valence-corrected chi connectivity index (χ1v) is 9.12. The highest BCUT2D eigenvalue weighted by Crippen LogP contribution is 2.48. The number of aromatic carboxylic acids is 1. The molecule has 136 valence electrons. The van der Waals surface area contributed by atoms with Gasteiger partial charge in [0, 0.05) is 16.9 Å². The number of aromatic nitrogens is 1. The second-order valence-electron chi connectivity index (χ2n) is 7.53. The molecule has 1 atom stereocenters. The Morgan fingerprint density at radius 3 is 2.78 bits per heavy atom. The van der Waals surface area contributed by atoms with Gasteiger partial charge in [-0.3, -0.25) is 14.2 Å². The lowest BCUT2D eigenvalue weighted by Gasteiger charge is -2.25. The average Bonchev–Trinajstić information content (AvgIpc) is 3.07. The number of fused-ring (bicyclic) bond motifs is 4. The summed E-state index contributed by atoms with van der Waals surface area (Å²) in [6.07, 6.45) is 3.10. The van der Waals surface area contributed by atoms with Gasteiger partial charge in [-0.2, -0.15) is 0 Å². The van der Waals surface area contributed by atoms with E-state index < -0.39 is 5.97 Å². The lowest BCUT2D eigenvalue weighted by Crippen LogP contribution is -2.30. The van der Waals surface area contributed by atoms with Crippen LogP contribution in [0.4, 0.5) is 5.69 Å². The summed E-state index contributed by atoms with van der Waals surface area (Å²) in [6.45, 7) is 4.16. The number of allylic oxidation sites excluding steroid dienone is 1. The molecule has 1 amide bonds. The predicted molar refractivity (Wildman–Crippen MR) is 100.0 cm³/mol. The second kappa shape index (κ2) is 5.19. The minimum Gasteiger partial charge on any atom is -0.478 e. The number of anilines is 1. The molecular formula is C21H18N2O4. The van der Waals surface area contributed by atoms with E-state index in [4.69, 9.17) is 5.11 Å². The second-order valence-corrected chi connectivity index (χ2v) is 7.53. The van der Waals surface area contributed by atoms with E-state index >= 15 is 0 Å². The Morgan fingerprint density at radius 2 is 2.04 bits per heavy atom. The van der Waals surface area contributed by atoms with Crippen molar-refractivity contribution in [2.45, 2.75) is 39.0 Å². The third-order valence-electron chi connectivity index (χ3n) is 6.03. The number of carbonyl (C=O) groups excluding carboxylic acids is 2. The molecule has 1 unspecified atom stereocenters. The summed E-state index contributed by atoms with van der Waals surface area (Å²) in [5, 5.41) is 11.9.